The highest BCUT2D eigenvalue weighted by atomic mass is 15.4. The molecule has 4 nitrogen and oxygen atoms in total. The van der Waals surface area contributed by atoms with Crippen LogP contribution in [0.15, 0.2) is 48.8 Å². The smallest absolute Gasteiger partial charge is 0.0660 e. The molecule has 0 bridgehead atoms. The van der Waals surface area contributed by atoms with Crippen LogP contribution >= 0.6 is 0 Å². The molecule has 4 heteroatoms. The first-order valence-electron chi connectivity index (χ1n) is 9.22. The number of hydrogen-bond donors (Lipinski definition) is 0. The third-order valence-electron chi connectivity index (χ3n) is 5.05. The van der Waals surface area contributed by atoms with Gasteiger partial charge in [0, 0.05) is 37.1 Å². The van der Waals surface area contributed by atoms with Crippen LogP contribution in [-0.4, -0.2) is 44.4 Å². The van der Waals surface area contributed by atoms with Gasteiger partial charge in [0.2, 0.25) is 0 Å². The van der Waals surface area contributed by atoms with Gasteiger partial charge in [0.15, 0.2) is 0 Å². The summed E-state index contributed by atoms with van der Waals surface area (Å²) in [6.07, 6.45) is 3.81. The summed E-state index contributed by atoms with van der Waals surface area (Å²) in [4.78, 5) is 14.6. The molecule has 0 spiro atoms. The van der Waals surface area contributed by atoms with Crippen molar-refractivity contribution in [1.29, 1.82) is 0 Å². The van der Waals surface area contributed by atoms with Crippen LogP contribution in [0.4, 0.5) is 0 Å². The molecule has 134 valence electrons. The summed E-state index contributed by atoms with van der Waals surface area (Å²) in [6.45, 7) is 13.4. The average molecular weight is 338 g/mol. The summed E-state index contributed by atoms with van der Waals surface area (Å²) in [5.41, 5.74) is 2.31. The molecule has 2 atom stereocenters. The Bertz CT molecular complexity index is 614. The second kappa shape index (κ2) is 7.22. The van der Waals surface area contributed by atoms with Gasteiger partial charge < -0.3 is 0 Å². The summed E-state index contributed by atoms with van der Waals surface area (Å²) in [7, 11) is 0. The number of pyridine rings is 2. The third-order valence-corrected chi connectivity index (χ3v) is 5.05. The van der Waals surface area contributed by atoms with Crippen molar-refractivity contribution in [2.24, 2.45) is 0 Å². The average Bonchev–Trinajstić information content (AvgIpc) is 2.61. The maximum atomic E-state index is 4.70. The van der Waals surface area contributed by atoms with Crippen LogP contribution in [0.5, 0.6) is 0 Å². The molecule has 1 aliphatic rings. The molecule has 3 heterocycles. The van der Waals surface area contributed by atoms with Gasteiger partial charge in [0.25, 0.3) is 0 Å². The van der Waals surface area contributed by atoms with Crippen LogP contribution in [0, 0.1) is 0 Å². The lowest BCUT2D eigenvalue weighted by Crippen LogP contribution is -2.58. The fourth-order valence-corrected chi connectivity index (χ4v) is 3.89. The van der Waals surface area contributed by atoms with E-state index >= 15 is 0 Å². The van der Waals surface area contributed by atoms with E-state index in [-0.39, 0.29) is 17.6 Å². The summed E-state index contributed by atoms with van der Waals surface area (Å²) in [6, 6.07) is 13.5. The Hall–Kier alpha value is -1.78. The molecule has 1 aliphatic heterocycles. The van der Waals surface area contributed by atoms with E-state index in [1.165, 1.54) is 0 Å². The predicted molar refractivity (Wildman–Crippen MR) is 102 cm³/mol. The molecule has 0 radical (unpaired) electrons. The van der Waals surface area contributed by atoms with E-state index in [0.717, 1.165) is 24.5 Å². The molecule has 0 amide bonds. The van der Waals surface area contributed by atoms with E-state index in [2.05, 4.69) is 68.7 Å². The van der Waals surface area contributed by atoms with Gasteiger partial charge in [-0.15, -0.1) is 0 Å². The van der Waals surface area contributed by atoms with Gasteiger partial charge in [-0.05, 0) is 58.9 Å². The Morgan fingerprint density at radius 2 is 1.36 bits per heavy atom. The van der Waals surface area contributed by atoms with Crippen LogP contribution in [0.1, 0.15) is 58.1 Å². The van der Waals surface area contributed by atoms with Crippen LogP contribution in [-0.2, 0) is 0 Å². The minimum Gasteiger partial charge on any atom is -0.297 e. The fourth-order valence-electron chi connectivity index (χ4n) is 3.89. The number of nitrogens with zero attached hydrogens (tertiary/aromatic N) is 4. The molecule has 0 aromatic carbocycles. The highest BCUT2D eigenvalue weighted by Gasteiger charge is 2.43. The van der Waals surface area contributed by atoms with Gasteiger partial charge in [0.05, 0.1) is 23.5 Å². The molecular weight excluding hydrogens is 308 g/mol. The first kappa shape index (κ1) is 18.0. The lowest BCUT2D eigenvalue weighted by atomic mass is 9.91. The van der Waals surface area contributed by atoms with Crippen molar-refractivity contribution in [2.75, 3.05) is 13.1 Å². The highest BCUT2D eigenvalue weighted by molar-refractivity contribution is 5.18. The molecule has 1 saturated heterocycles. The Morgan fingerprint density at radius 1 is 0.880 bits per heavy atom. The first-order chi connectivity index (χ1) is 11.9. The lowest BCUT2D eigenvalue weighted by molar-refractivity contribution is -0.0514. The van der Waals surface area contributed by atoms with Crippen molar-refractivity contribution >= 4 is 0 Å². The largest absolute Gasteiger partial charge is 0.297 e. The van der Waals surface area contributed by atoms with Crippen molar-refractivity contribution in [1.82, 2.24) is 19.8 Å². The summed E-state index contributed by atoms with van der Waals surface area (Å²) < 4.78 is 0. The van der Waals surface area contributed by atoms with Gasteiger partial charge in [-0.3, -0.25) is 19.8 Å². The predicted octanol–water partition coefficient (Wildman–Crippen LogP) is 4.08. The molecule has 25 heavy (non-hydrogen) atoms. The maximum Gasteiger partial charge on any atom is 0.0660 e. The van der Waals surface area contributed by atoms with E-state index in [1.54, 1.807) is 0 Å². The van der Waals surface area contributed by atoms with Crippen LogP contribution < -0.4 is 0 Å². The monoisotopic (exact) mass is 338 g/mol. The van der Waals surface area contributed by atoms with Crippen molar-refractivity contribution in [3.63, 3.8) is 0 Å². The van der Waals surface area contributed by atoms with E-state index in [4.69, 9.17) is 9.97 Å². The summed E-state index contributed by atoms with van der Waals surface area (Å²) in [5.74, 6) is 0. The van der Waals surface area contributed by atoms with Gasteiger partial charge in [0.1, 0.15) is 0 Å². The van der Waals surface area contributed by atoms with Crippen molar-refractivity contribution in [3.05, 3.63) is 60.2 Å². The quantitative estimate of drug-likeness (QED) is 0.844. The summed E-state index contributed by atoms with van der Waals surface area (Å²) >= 11 is 0. The zero-order valence-corrected chi connectivity index (χ0v) is 16.1. The van der Waals surface area contributed by atoms with E-state index in [1.807, 2.05) is 24.5 Å². The zero-order valence-electron chi connectivity index (χ0n) is 16.1. The van der Waals surface area contributed by atoms with Crippen LogP contribution in [0.2, 0.25) is 0 Å². The molecule has 0 aliphatic carbocycles. The number of piperazine rings is 1. The Balaban J connectivity index is 2.07. The Labute approximate surface area is 151 Å². The minimum atomic E-state index is 0.0213. The number of aromatic nitrogens is 2. The maximum absolute atomic E-state index is 4.70. The molecule has 3 rings (SSSR count). The molecule has 2 aromatic rings. The summed E-state index contributed by atoms with van der Waals surface area (Å²) in [5, 5.41) is 0. The van der Waals surface area contributed by atoms with Gasteiger partial charge in [-0.1, -0.05) is 12.1 Å². The number of rotatable bonds is 3. The Kier molecular flexibility index (Phi) is 5.21. The van der Waals surface area contributed by atoms with Crippen molar-refractivity contribution < 1.29 is 0 Å². The Morgan fingerprint density at radius 3 is 1.68 bits per heavy atom. The standard InChI is InChI=1S/C21H30N4/c1-16(2)24-14-19(17-10-6-8-12-22-17)25(21(3,4)5)20(15-24)18-11-7-9-13-23-18/h6-13,16,19-20H,14-15H2,1-5H3. The van der Waals surface area contributed by atoms with E-state index < -0.39 is 0 Å². The topological polar surface area (TPSA) is 32.3 Å². The second-order valence-corrected chi connectivity index (χ2v) is 8.17. The minimum absolute atomic E-state index is 0.0213. The zero-order chi connectivity index (χ0) is 18.0. The molecule has 2 unspecified atom stereocenters. The number of hydrogen-bond acceptors (Lipinski definition) is 4. The first-order valence-corrected chi connectivity index (χ1v) is 9.22. The normalized spacial score (nSPS) is 23.1. The molecule has 1 fully saturated rings. The van der Waals surface area contributed by atoms with E-state index in [0.29, 0.717) is 6.04 Å². The lowest BCUT2D eigenvalue weighted by Gasteiger charge is -2.53. The van der Waals surface area contributed by atoms with Gasteiger partial charge in [-0.2, -0.15) is 0 Å². The van der Waals surface area contributed by atoms with Crippen molar-refractivity contribution in [3.8, 4) is 0 Å². The molecule has 2 aromatic heterocycles. The van der Waals surface area contributed by atoms with Crippen LogP contribution in [0.25, 0.3) is 0 Å². The van der Waals surface area contributed by atoms with E-state index in [9.17, 15) is 0 Å². The molecular formula is C21H30N4. The van der Waals surface area contributed by atoms with Gasteiger partial charge in [-0.25, -0.2) is 0 Å². The SMILES string of the molecule is CC(C)N1CC(c2ccccn2)N(C(C)(C)C)C(c2ccccn2)C1. The highest BCUT2D eigenvalue weighted by Crippen LogP contribution is 2.40. The molecule has 0 saturated carbocycles. The second-order valence-electron chi connectivity index (χ2n) is 8.17. The fraction of sp³-hybridized carbons (Fsp3) is 0.524. The third kappa shape index (κ3) is 3.91. The molecule has 0 N–H and O–H groups in total. The van der Waals surface area contributed by atoms with Crippen molar-refractivity contribution in [2.45, 2.75) is 58.3 Å². The van der Waals surface area contributed by atoms with Crippen LogP contribution in [0.3, 0.4) is 0 Å². The van der Waals surface area contributed by atoms with Gasteiger partial charge >= 0.3 is 0 Å².